The Bertz CT molecular complexity index is 574. The van der Waals surface area contributed by atoms with Crippen LogP contribution in [0.15, 0.2) is 5.38 Å². The van der Waals surface area contributed by atoms with Crippen LogP contribution >= 0.6 is 36.2 Å². The average molecular weight is 392 g/mol. The van der Waals surface area contributed by atoms with Crippen molar-refractivity contribution >= 4 is 42.1 Å². The number of likely N-dealkylation sites (tertiary alicyclic amines) is 1. The molecule has 0 aromatic carbocycles. The molecule has 2 unspecified atom stereocenters. The lowest BCUT2D eigenvalue weighted by Gasteiger charge is -2.35. The first kappa shape index (κ1) is 20.0. The van der Waals surface area contributed by atoms with Crippen LogP contribution in [0.25, 0.3) is 0 Å². The van der Waals surface area contributed by atoms with E-state index in [1.807, 2.05) is 6.92 Å². The van der Waals surface area contributed by atoms with E-state index >= 15 is 0 Å². The van der Waals surface area contributed by atoms with Crippen LogP contribution in [0.4, 0.5) is 0 Å². The van der Waals surface area contributed by atoms with Gasteiger partial charge in [0, 0.05) is 23.5 Å². The van der Waals surface area contributed by atoms with Crippen molar-refractivity contribution in [3.63, 3.8) is 0 Å². The summed E-state index contributed by atoms with van der Waals surface area (Å²) in [6.45, 7) is 5.13. The second kappa shape index (κ2) is 7.90. The van der Waals surface area contributed by atoms with Gasteiger partial charge in [0.15, 0.2) is 0 Å². The minimum atomic E-state index is 0. The molecular weight excluding hydrogens is 365 g/mol. The summed E-state index contributed by atoms with van der Waals surface area (Å²) in [5, 5.41) is 6.68. The van der Waals surface area contributed by atoms with Gasteiger partial charge in [-0.2, -0.15) is 0 Å². The molecule has 1 aromatic rings. The Morgan fingerprint density at radius 1 is 1.33 bits per heavy atom. The van der Waals surface area contributed by atoms with E-state index in [2.05, 4.69) is 20.6 Å². The topological polar surface area (TPSA) is 45.2 Å². The van der Waals surface area contributed by atoms with Gasteiger partial charge in [0.1, 0.15) is 5.01 Å². The van der Waals surface area contributed by atoms with Crippen molar-refractivity contribution in [2.24, 2.45) is 11.3 Å². The summed E-state index contributed by atoms with van der Waals surface area (Å²) in [6.07, 6.45) is 6.92. The first-order chi connectivity index (χ1) is 10.7. The Morgan fingerprint density at radius 2 is 2.08 bits per heavy atom. The van der Waals surface area contributed by atoms with Gasteiger partial charge in [-0.1, -0.05) is 0 Å². The summed E-state index contributed by atoms with van der Waals surface area (Å²) in [4.78, 5) is 19.9. The molecule has 3 fully saturated rings. The number of hydrogen-bond acceptors (Lipinski definition) is 4. The highest BCUT2D eigenvalue weighted by atomic mass is 35.5. The Kier molecular flexibility index (Phi) is 6.57. The zero-order valence-electron chi connectivity index (χ0n) is 14.1. The summed E-state index contributed by atoms with van der Waals surface area (Å²) < 4.78 is 0. The highest BCUT2D eigenvalue weighted by molar-refractivity contribution is 7.09. The minimum absolute atomic E-state index is 0. The molecule has 1 saturated carbocycles. The zero-order valence-corrected chi connectivity index (χ0v) is 16.6. The Labute approximate surface area is 160 Å². The number of thiazole rings is 1. The molecule has 0 bridgehead atoms. The fourth-order valence-electron chi connectivity index (χ4n) is 4.35. The van der Waals surface area contributed by atoms with Crippen molar-refractivity contribution in [3.8, 4) is 0 Å². The third kappa shape index (κ3) is 3.59. The number of piperidine rings is 2. The second-order valence-corrected chi connectivity index (χ2v) is 8.13. The molecule has 0 radical (unpaired) electrons. The standard InChI is InChI=1S/C17H25N3OS.2ClH/c1-12-11-22-15(19-12)14-4-2-3-9-20(14)16(21)13-10-17(13)5-7-18-8-6-17;;/h11,13-14,18H,2-10H2,1H3;2*1H. The van der Waals surface area contributed by atoms with E-state index < -0.39 is 0 Å². The SMILES string of the molecule is Cc1csc(C2CCCCN2C(=O)C2CC23CCNCC3)n1.Cl.Cl. The number of aryl methyl sites for hydroxylation is 1. The number of nitrogens with zero attached hydrogens (tertiary/aromatic N) is 2. The van der Waals surface area contributed by atoms with E-state index in [4.69, 9.17) is 0 Å². The Hall–Kier alpha value is -0.360. The number of carbonyl (C=O) groups excluding carboxylic acids is 1. The Balaban J connectivity index is 0.00000104. The molecule has 2 aliphatic heterocycles. The molecule has 1 spiro atoms. The monoisotopic (exact) mass is 391 g/mol. The van der Waals surface area contributed by atoms with E-state index in [-0.39, 0.29) is 36.8 Å². The molecule has 1 N–H and O–H groups in total. The molecular formula is C17H27Cl2N3OS. The molecule has 3 heterocycles. The number of halogens is 2. The van der Waals surface area contributed by atoms with Crippen molar-refractivity contribution in [2.45, 2.75) is 51.5 Å². The van der Waals surface area contributed by atoms with Gasteiger partial charge >= 0.3 is 0 Å². The molecule has 2 atom stereocenters. The maximum Gasteiger partial charge on any atom is 0.226 e. The van der Waals surface area contributed by atoms with E-state index in [1.165, 1.54) is 19.3 Å². The number of rotatable bonds is 2. The van der Waals surface area contributed by atoms with Crippen molar-refractivity contribution < 1.29 is 4.79 Å². The van der Waals surface area contributed by atoms with Crippen LogP contribution in [0.1, 0.15) is 55.3 Å². The summed E-state index contributed by atoms with van der Waals surface area (Å²) in [6, 6.07) is 0.235. The van der Waals surface area contributed by atoms with Crippen molar-refractivity contribution in [2.75, 3.05) is 19.6 Å². The molecule has 1 aromatic heterocycles. The van der Waals surface area contributed by atoms with Gasteiger partial charge in [-0.05, 0) is 64.0 Å². The molecule has 4 rings (SSSR count). The number of hydrogen-bond donors (Lipinski definition) is 1. The van der Waals surface area contributed by atoms with Gasteiger partial charge in [-0.15, -0.1) is 36.2 Å². The first-order valence-electron chi connectivity index (χ1n) is 8.63. The van der Waals surface area contributed by atoms with Crippen LogP contribution in [0.5, 0.6) is 0 Å². The van der Waals surface area contributed by atoms with Crippen molar-refractivity contribution in [1.82, 2.24) is 15.2 Å². The van der Waals surface area contributed by atoms with Gasteiger partial charge in [0.2, 0.25) is 5.91 Å². The van der Waals surface area contributed by atoms with Crippen LogP contribution in [-0.2, 0) is 4.79 Å². The minimum Gasteiger partial charge on any atom is -0.333 e. The van der Waals surface area contributed by atoms with Crippen molar-refractivity contribution in [1.29, 1.82) is 0 Å². The average Bonchev–Trinajstić information content (AvgIpc) is 3.05. The Morgan fingerprint density at radius 3 is 2.75 bits per heavy atom. The molecule has 3 aliphatic rings. The molecule has 7 heteroatoms. The molecule has 4 nitrogen and oxygen atoms in total. The number of nitrogens with one attached hydrogen (secondary N) is 1. The number of carbonyl (C=O) groups is 1. The van der Waals surface area contributed by atoms with Gasteiger partial charge < -0.3 is 10.2 Å². The summed E-state index contributed by atoms with van der Waals surface area (Å²) >= 11 is 1.72. The van der Waals surface area contributed by atoms with Crippen LogP contribution in [0.2, 0.25) is 0 Å². The van der Waals surface area contributed by atoms with E-state index in [1.54, 1.807) is 11.3 Å². The molecule has 24 heavy (non-hydrogen) atoms. The predicted molar refractivity (Wildman–Crippen MR) is 102 cm³/mol. The molecule has 2 saturated heterocycles. The van der Waals surface area contributed by atoms with Gasteiger partial charge in [-0.3, -0.25) is 4.79 Å². The smallest absolute Gasteiger partial charge is 0.226 e. The van der Waals surface area contributed by atoms with Crippen LogP contribution in [-0.4, -0.2) is 35.4 Å². The second-order valence-electron chi connectivity index (χ2n) is 7.24. The fourth-order valence-corrected chi connectivity index (χ4v) is 5.29. The maximum atomic E-state index is 13.1. The van der Waals surface area contributed by atoms with E-state index in [0.717, 1.165) is 49.6 Å². The summed E-state index contributed by atoms with van der Waals surface area (Å²) in [7, 11) is 0. The lowest BCUT2D eigenvalue weighted by molar-refractivity contribution is -0.137. The maximum absolute atomic E-state index is 13.1. The van der Waals surface area contributed by atoms with Gasteiger partial charge in [-0.25, -0.2) is 4.98 Å². The largest absolute Gasteiger partial charge is 0.333 e. The molecule has 1 amide bonds. The third-order valence-corrected chi connectivity index (χ3v) is 6.86. The molecule has 136 valence electrons. The number of amides is 1. The third-order valence-electron chi connectivity index (χ3n) is 5.79. The van der Waals surface area contributed by atoms with E-state index in [9.17, 15) is 4.79 Å². The van der Waals surface area contributed by atoms with Crippen LogP contribution in [0, 0.1) is 18.3 Å². The normalized spacial score (nSPS) is 28.0. The van der Waals surface area contributed by atoms with Gasteiger partial charge in [0.05, 0.1) is 6.04 Å². The van der Waals surface area contributed by atoms with Crippen LogP contribution < -0.4 is 5.32 Å². The molecule has 1 aliphatic carbocycles. The van der Waals surface area contributed by atoms with Crippen LogP contribution in [0.3, 0.4) is 0 Å². The lowest BCUT2D eigenvalue weighted by atomic mass is 9.91. The lowest BCUT2D eigenvalue weighted by Crippen LogP contribution is -2.41. The zero-order chi connectivity index (χ0) is 15.2. The number of aromatic nitrogens is 1. The van der Waals surface area contributed by atoms with E-state index in [0.29, 0.717) is 11.3 Å². The highest BCUT2D eigenvalue weighted by Crippen LogP contribution is 2.59. The predicted octanol–water partition coefficient (Wildman–Crippen LogP) is 3.74. The summed E-state index contributed by atoms with van der Waals surface area (Å²) in [5.74, 6) is 0.704. The fraction of sp³-hybridized carbons (Fsp3) is 0.765. The quantitative estimate of drug-likeness (QED) is 0.834. The van der Waals surface area contributed by atoms with Crippen molar-refractivity contribution in [3.05, 3.63) is 16.1 Å². The first-order valence-corrected chi connectivity index (χ1v) is 9.51. The highest BCUT2D eigenvalue weighted by Gasteiger charge is 2.59. The van der Waals surface area contributed by atoms with Gasteiger partial charge in [0.25, 0.3) is 0 Å². The summed E-state index contributed by atoms with van der Waals surface area (Å²) in [5.41, 5.74) is 1.42.